The Hall–Kier alpha value is -4.56. The van der Waals surface area contributed by atoms with Gasteiger partial charge in [-0.15, -0.1) is 0 Å². The van der Waals surface area contributed by atoms with Crippen LogP contribution < -0.4 is 9.62 Å². The number of unbranched alkanes of at least 4 members (excludes halogenated alkanes) is 1. The number of benzene rings is 3. The van der Waals surface area contributed by atoms with E-state index in [2.05, 4.69) is 6.58 Å². The Bertz CT molecular complexity index is 1490. The molecule has 0 unspecified atom stereocenters. The molecule has 0 spiro atoms. The summed E-state index contributed by atoms with van der Waals surface area (Å²) in [5.74, 6) is -0.450. The van der Waals surface area contributed by atoms with Gasteiger partial charge in [0.2, 0.25) is 0 Å². The van der Waals surface area contributed by atoms with Crippen LogP contribution in [0.4, 0.5) is 26.3 Å². The Labute approximate surface area is 273 Å². The number of rotatable bonds is 18. The summed E-state index contributed by atoms with van der Waals surface area (Å²) in [6, 6.07) is 11.6. The molecule has 0 heterocycles. The molecule has 0 amide bonds. The van der Waals surface area contributed by atoms with Crippen molar-refractivity contribution in [3.63, 3.8) is 0 Å². The van der Waals surface area contributed by atoms with Gasteiger partial charge in [-0.25, -0.2) is 4.79 Å². The monoisotopic (exact) mass is 684 g/mol. The van der Waals surface area contributed by atoms with Gasteiger partial charge in [0.15, 0.2) is 5.75 Å². The minimum atomic E-state index is -5.09. The second-order valence-corrected chi connectivity index (χ2v) is 10.0. The van der Waals surface area contributed by atoms with E-state index in [9.17, 15) is 35.9 Å². The van der Waals surface area contributed by atoms with E-state index in [1.165, 1.54) is 48.5 Å². The van der Waals surface area contributed by atoms with E-state index in [4.69, 9.17) is 28.7 Å². The molecule has 14 heteroatoms. The Morgan fingerprint density at radius 1 is 0.688 bits per heavy atom. The van der Waals surface area contributed by atoms with Gasteiger partial charge in [0.05, 0.1) is 37.6 Å². The molecule has 0 aliphatic heterocycles. The van der Waals surface area contributed by atoms with Gasteiger partial charge in [0, 0.05) is 12.5 Å². The molecule has 0 N–H and O–H groups in total. The van der Waals surface area contributed by atoms with Crippen LogP contribution >= 0.6 is 0 Å². The Morgan fingerprint density at radius 3 is 1.77 bits per heavy atom. The first-order valence-electron chi connectivity index (χ1n) is 14.8. The van der Waals surface area contributed by atoms with Crippen LogP contribution in [-0.4, -0.2) is 51.6 Å². The summed E-state index contributed by atoms with van der Waals surface area (Å²) in [5.41, 5.74) is -3.80. The molecule has 48 heavy (non-hydrogen) atoms. The second-order valence-electron chi connectivity index (χ2n) is 10.0. The van der Waals surface area contributed by atoms with Crippen LogP contribution in [0.1, 0.15) is 37.3 Å². The molecule has 0 aromatic heterocycles. The van der Waals surface area contributed by atoms with Crippen LogP contribution in [0, 0.1) is 0 Å². The molecule has 8 nitrogen and oxygen atoms in total. The van der Waals surface area contributed by atoms with Crippen molar-refractivity contribution < 1.29 is 64.7 Å². The summed E-state index contributed by atoms with van der Waals surface area (Å²) in [6.45, 7) is 5.66. The van der Waals surface area contributed by atoms with Gasteiger partial charge < -0.3 is 23.8 Å². The lowest BCUT2D eigenvalue weighted by Gasteiger charge is -2.20. The van der Waals surface area contributed by atoms with Crippen molar-refractivity contribution in [3.8, 4) is 33.8 Å². The van der Waals surface area contributed by atoms with Crippen LogP contribution in [0.2, 0.25) is 0 Å². The topological polar surface area (TPSA) is 89.5 Å². The van der Waals surface area contributed by atoms with E-state index in [1.54, 1.807) is 6.92 Å². The van der Waals surface area contributed by atoms with Crippen LogP contribution in [0.3, 0.4) is 0 Å². The SMILES string of the molecule is C=CC(=O)OCCOCCOc1ccc(-c2cc(-c3ccc(OOCCCCOC(=O)CC)cc3)c(C(F)(F)F)cc2C(F)(F)F)cc1. The largest absolute Gasteiger partial charge is 0.491 e. The lowest BCUT2D eigenvalue weighted by molar-refractivity contribution is -0.207. The molecule has 260 valence electrons. The highest BCUT2D eigenvalue weighted by Gasteiger charge is 2.40. The van der Waals surface area contributed by atoms with E-state index in [-0.39, 0.29) is 75.0 Å². The highest BCUT2D eigenvalue weighted by atomic mass is 19.4. The lowest BCUT2D eigenvalue weighted by Crippen LogP contribution is -2.14. The van der Waals surface area contributed by atoms with Gasteiger partial charge in [-0.2, -0.15) is 31.2 Å². The molecule has 0 fully saturated rings. The zero-order valence-electron chi connectivity index (χ0n) is 26.0. The molecule has 3 aromatic rings. The molecule has 0 bridgehead atoms. The normalized spacial score (nSPS) is 11.6. The van der Waals surface area contributed by atoms with Gasteiger partial charge in [-0.1, -0.05) is 37.8 Å². The Balaban J connectivity index is 1.73. The molecule has 0 radical (unpaired) electrons. The van der Waals surface area contributed by atoms with E-state index < -0.39 is 40.6 Å². The molecule has 3 aromatic carbocycles. The van der Waals surface area contributed by atoms with E-state index in [1.807, 2.05) is 0 Å². The maximum absolute atomic E-state index is 14.1. The van der Waals surface area contributed by atoms with E-state index in [0.717, 1.165) is 12.1 Å². The van der Waals surface area contributed by atoms with Crippen LogP contribution in [-0.2, 0) is 41.0 Å². The van der Waals surface area contributed by atoms with Crippen molar-refractivity contribution in [1.29, 1.82) is 0 Å². The third-order valence-corrected chi connectivity index (χ3v) is 6.56. The fourth-order valence-electron chi connectivity index (χ4n) is 4.21. The van der Waals surface area contributed by atoms with Crippen molar-refractivity contribution in [3.05, 3.63) is 84.4 Å². The number of esters is 2. The zero-order chi connectivity index (χ0) is 35.2. The molecule has 0 aliphatic rings. The standard InChI is InChI=1S/C34H34F6O8/c1-3-31(41)45-15-5-6-16-47-48-26-13-9-24(10-14-26)28-21-27(29(33(35,36)37)22-30(28)34(38,39)40)23-7-11-25(12-8-23)44-19-17-43-18-20-46-32(42)4-2/h4,7-14,21-22H,2-3,5-6,15-20H2,1H3. The maximum Gasteiger partial charge on any atom is 0.417 e. The van der Waals surface area contributed by atoms with Crippen molar-refractivity contribution in [2.24, 2.45) is 0 Å². The highest BCUT2D eigenvalue weighted by Crippen LogP contribution is 2.46. The average molecular weight is 685 g/mol. The van der Waals surface area contributed by atoms with Crippen molar-refractivity contribution in [2.75, 3.05) is 39.6 Å². The van der Waals surface area contributed by atoms with E-state index in [0.29, 0.717) is 18.6 Å². The molecular formula is C34H34F6O8. The first-order chi connectivity index (χ1) is 22.8. The molecule has 0 saturated carbocycles. The third kappa shape index (κ3) is 11.9. The Morgan fingerprint density at radius 2 is 1.23 bits per heavy atom. The van der Waals surface area contributed by atoms with Crippen LogP contribution in [0.15, 0.2) is 73.3 Å². The smallest absolute Gasteiger partial charge is 0.417 e. The van der Waals surface area contributed by atoms with E-state index >= 15 is 0 Å². The predicted octanol–water partition coefficient (Wildman–Crippen LogP) is 8.23. The molecule has 0 saturated heterocycles. The summed E-state index contributed by atoms with van der Waals surface area (Å²) < 4.78 is 105. The van der Waals surface area contributed by atoms with Gasteiger partial charge in [0.1, 0.15) is 19.0 Å². The lowest BCUT2D eigenvalue weighted by atomic mass is 9.90. The number of hydrogen-bond acceptors (Lipinski definition) is 8. The van der Waals surface area contributed by atoms with Gasteiger partial charge in [0.25, 0.3) is 0 Å². The quantitative estimate of drug-likeness (QED) is 0.0331. The number of carbonyl (C=O) groups is 2. The first-order valence-corrected chi connectivity index (χ1v) is 14.8. The van der Waals surface area contributed by atoms with Crippen LogP contribution in [0.5, 0.6) is 11.5 Å². The predicted molar refractivity (Wildman–Crippen MR) is 162 cm³/mol. The Kier molecular flexibility index (Phi) is 14.3. The molecular weight excluding hydrogens is 650 g/mol. The van der Waals surface area contributed by atoms with Crippen molar-refractivity contribution >= 4 is 11.9 Å². The van der Waals surface area contributed by atoms with Crippen molar-refractivity contribution in [1.82, 2.24) is 0 Å². The van der Waals surface area contributed by atoms with Gasteiger partial charge in [-0.3, -0.25) is 4.79 Å². The number of hydrogen-bond donors (Lipinski definition) is 0. The summed E-state index contributed by atoms with van der Waals surface area (Å²) in [6.07, 6.45) is -7.85. The fourth-order valence-corrected chi connectivity index (χ4v) is 4.21. The summed E-state index contributed by atoms with van der Waals surface area (Å²) >= 11 is 0. The fraction of sp³-hybridized carbons (Fsp3) is 0.353. The number of alkyl halides is 6. The number of carbonyl (C=O) groups excluding carboxylic acids is 2. The third-order valence-electron chi connectivity index (χ3n) is 6.56. The zero-order valence-corrected chi connectivity index (χ0v) is 26.0. The average Bonchev–Trinajstić information content (AvgIpc) is 3.06. The summed E-state index contributed by atoms with van der Waals surface area (Å²) in [4.78, 5) is 32.4. The minimum absolute atomic E-state index is 0.00148. The molecule has 0 atom stereocenters. The molecule has 3 rings (SSSR count). The summed E-state index contributed by atoms with van der Waals surface area (Å²) in [7, 11) is 0. The minimum Gasteiger partial charge on any atom is -0.491 e. The van der Waals surface area contributed by atoms with Gasteiger partial charge in [-0.05, 0) is 71.5 Å². The highest BCUT2D eigenvalue weighted by molar-refractivity contribution is 5.81. The number of halogens is 6. The molecule has 0 aliphatic carbocycles. The summed E-state index contributed by atoms with van der Waals surface area (Å²) in [5, 5.41) is 0. The maximum atomic E-state index is 14.1. The first kappa shape index (κ1) is 37.9. The van der Waals surface area contributed by atoms with Crippen molar-refractivity contribution in [2.45, 2.75) is 38.5 Å². The van der Waals surface area contributed by atoms with Crippen LogP contribution in [0.25, 0.3) is 22.3 Å². The second kappa shape index (κ2) is 18.1. The number of ether oxygens (including phenoxy) is 4. The van der Waals surface area contributed by atoms with Gasteiger partial charge >= 0.3 is 24.3 Å².